The topological polar surface area (TPSA) is 52.1 Å². The lowest BCUT2D eigenvalue weighted by molar-refractivity contribution is 0.0519. The average molecular weight is 310 g/mol. The van der Waals surface area contributed by atoms with Gasteiger partial charge in [0, 0.05) is 16.0 Å². The predicted octanol–water partition coefficient (Wildman–Crippen LogP) is 3.95. The molecule has 0 unspecified atom stereocenters. The van der Waals surface area contributed by atoms with Crippen molar-refractivity contribution in [1.82, 2.24) is 9.97 Å². The molecule has 0 radical (unpaired) electrons. The molecule has 0 fully saturated rings. The molecule has 2 heterocycles. The second kappa shape index (κ2) is 6.45. The molecule has 0 saturated carbocycles. The van der Waals surface area contributed by atoms with Crippen LogP contribution in [0.4, 0.5) is 0 Å². The third-order valence-electron chi connectivity index (χ3n) is 2.56. The number of aryl methyl sites for hydroxylation is 1. The second-order valence-corrected chi connectivity index (χ2v) is 7.20. The summed E-state index contributed by atoms with van der Waals surface area (Å²) in [5.74, 6) is 0.133. The Kier molecular flexibility index (Phi) is 4.88. The second-order valence-electron chi connectivity index (χ2n) is 4.89. The Morgan fingerprint density at radius 2 is 2.10 bits per heavy atom. The van der Waals surface area contributed by atoms with Crippen LogP contribution in [-0.4, -0.2) is 22.5 Å². The Morgan fingerprint density at radius 1 is 1.35 bits per heavy atom. The van der Waals surface area contributed by atoms with Gasteiger partial charge >= 0.3 is 5.97 Å². The third kappa shape index (κ3) is 3.43. The number of ether oxygens (including phenoxy) is 1. The number of thiazole rings is 2. The summed E-state index contributed by atoms with van der Waals surface area (Å²) in [5.41, 5.74) is 0.452. The number of carbonyl (C=O) groups is 1. The van der Waals surface area contributed by atoms with Crippen molar-refractivity contribution < 1.29 is 9.53 Å². The quantitative estimate of drug-likeness (QED) is 0.785. The molecule has 108 valence electrons. The number of esters is 1. The van der Waals surface area contributed by atoms with Crippen LogP contribution >= 0.6 is 22.7 Å². The molecule has 0 atom stereocenters. The molecule has 4 nitrogen and oxygen atoms in total. The van der Waals surface area contributed by atoms with E-state index in [-0.39, 0.29) is 5.97 Å². The van der Waals surface area contributed by atoms with Gasteiger partial charge in [0.2, 0.25) is 0 Å². The highest BCUT2D eigenvalue weighted by molar-refractivity contribution is 7.21. The van der Waals surface area contributed by atoms with Gasteiger partial charge in [-0.15, -0.1) is 22.7 Å². The monoisotopic (exact) mass is 310 g/mol. The molecule has 0 spiro atoms. The summed E-state index contributed by atoms with van der Waals surface area (Å²) < 4.78 is 5.09. The minimum absolute atomic E-state index is 0.334. The van der Waals surface area contributed by atoms with E-state index in [1.807, 2.05) is 13.1 Å². The Hall–Kier alpha value is -1.27. The van der Waals surface area contributed by atoms with Crippen molar-refractivity contribution in [3.63, 3.8) is 0 Å². The van der Waals surface area contributed by atoms with E-state index >= 15 is 0 Å². The van der Waals surface area contributed by atoms with Gasteiger partial charge in [0.1, 0.15) is 0 Å². The van der Waals surface area contributed by atoms with E-state index in [0.717, 1.165) is 26.2 Å². The summed E-state index contributed by atoms with van der Waals surface area (Å²) in [6.45, 7) is 8.43. The molecular formula is C14H18N2O2S2. The van der Waals surface area contributed by atoms with Crippen LogP contribution in [0, 0.1) is 12.8 Å². The summed E-state index contributed by atoms with van der Waals surface area (Å²) in [6, 6.07) is 0. The molecule has 0 saturated heterocycles. The molecule has 0 bridgehead atoms. The molecule has 0 N–H and O–H groups in total. The maximum atomic E-state index is 12.0. The van der Waals surface area contributed by atoms with Crippen LogP contribution in [0.15, 0.2) is 6.20 Å². The predicted molar refractivity (Wildman–Crippen MR) is 82.5 cm³/mol. The summed E-state index contributed by atoms with van der Waals surface area (Å²) in [5, 5.41) is 1.68. The van der Waals surface area contributed by atoms with Gasteiger partial charge in [-0.3, -0.25) is 0 Å². The Labute approximate surface area is 126 Å². The van der Waals surface area contributed by atoms with Crippen LogP contribution < -0.4 is 0 Å². The van der Waals surface area contributed by atoms with E-state index in [1.165, 1.54) is 0 Å². The molecule has 2 rings (SSSR count). The number of hydrogen-bond donors (Lipinski definition) is 0. The van der Waals surface area contributed by atoms with E-state index < -0.39 is 0 Å². The number of aromatic nitrogens is 2. The molecule has 0 aliphatic heterocycles. The normalized spacial score (nSPS) is 11.1. The number of hydrogen-bond acceptors (Lipinski definition) is 6. The van der Waals surface area contributed by atoms with Crippen molar-refractivity contribution in [2.24, 2.45) is 5.92 Å². The highest BCUT2D eigenvalue weighted by Crippen LogP contribution is 2.32. The molecule has 0 aliphatic carbocycles. The standard InChI is InChI=1S/C14H18N2O2S2/c1-5-18-14(17)11-10(6-8(2)3)20-13(16-11)12-15-7-9(4)19-12/h7-8H,5-6H2,1-4H3. The average Bonchev–Trinajstić information content (AvgIpc) is 2.95. The zero-order valence-electron chi connectivity index (χ0n) is 12.1. The van der Waals surface area contributed by atoms with Crippen molar-refractivity contribution in [3.8, 4) is 10.0 Å². The fraction of sp³-hybridized carbons (Fsp3) is 0.500. The Morgan fingerprint density at radius 3 is 2.65 bits per heavy atom. The van der Waals surface area contributed by atoms with E-state index in [4.69, 9.17) is 4.74 Å². The maximum absolute atomic E-state index is 12.0. The first-order chi connectivity index (χ1) is 9.51. The fourth-order valence-electron chi connectivity index (χ4n) is 1.76. The minimum atomic E-state index is -0.334. The highest BCUT2D eigenvalue weighted by atomic mass is 32.1. The van der Waals surface area contributed by atoms with E-state index in [1.54, 1.807) is 29.6 Å². The molecule has 0 amide bonds. The maximum Gasteiger partial charge on any atom is 0.358 e. The van der Waals surface area contributed by atoms with Crippen LogP contribution in [0.2, 0.25) is 0 Å². The zero-order chi connectivity index (χ0) is 14.7. The minimum Gasteiger partial charge on any atom is -0.461 e. The van der Waals surface area contributed by atoms with E-state index in [9.17, 15) is 4.79 Å². The van der Waals surface area contributed by atoms with Gasteiger partial charge in [0.25, 0.3) is 0 Å². The van der Waals surface area contributed by atoms with Crippen molar-refractivity contribution in [2.45, 2.75) is 34.1 Å². The Balaban J connectivity index is 2.38. The van der Waals surface area contributed by atoms with Crippen LogP contribution in [0.3, 0.4) is 0 Å². The first-order valence-corrected chi connectivity index (χ1v) is 8.24. The van der Waals surface area contributed by atoms with Gasteiger partial charge in [0.15, 0.2) is 15.7 Å². The Bertz CT molecular complexity index is 602. The van der Waals surface area contributed by atoms with Crippen LogP contribution in [0.25, 0.3) is 10.0 Å². The first kappa shape index (κ1) is 15.1. The van der Waals surface area contributed by atoms with Crippen molar-refractivity contribution in [3.05, 3.63) is 21.6 Å². The van der Waals surface area contributed by atoms with Crippen molar-refractivity contribution in [2.75, 3.05) is 6.61 Å². The van der Waals surface area contributed by atoms with Crippen LogP contribution in [-0.2, 0) is 11.2 Å². The molecule has 2 aromatic heterocycles. The van der Waals surface area contributed by atoms with Gasteiger partial charge < -0.3 is 4.74 Å². The number of carbonyl (C=O) groups excluding carboxylic acids is 1. The third-order valence-corrected chi connectivity index (χ3v) is 4.70. The molecule has 0 aromatic carbocycles. The molecule has 6 heteroatoms. The summed E-state index contributed by atoms with van der Waals surface area (Å²) in [4.78, 5) is 22.9. The van der Waals surface area contributed by atoms with Crippen LogP contribution in [0.1, 0.15) is 41.0 Å². The lowest BCUT2D eigenvalue weighted by Crippen LogP contribution is -2.08. The summed E-state index contributed by atoms with van der Waals surface area (Å²) in [6.07, 6.45) is 2.66. The molecule has 0 aliphatic rings. The van der Waals surface area contributed by atoms with Gasteiger partial charge in [0.05, 0.1) is 6.61 Å². The lowest BCUT2D eigenvalue weighted by Gasteiger charge is -2.04. The molecule has 2 aromatic rings. The van der Waals surface area contributed by atoms with E-state index in [2.05, 4.69) is 23.8 Å². The van der Waals surface area contributed by atoms with Crippen LogP contribution in [0.5, 0.6) is 0 Å². The van der Waals surface area contributed by atoms with Crippen molar-refractivity contribution in [1.29, 1.82) is 0 Å². The SMILES string of the molecule is CCOC(=O)c1nc(-c2ncc(C)s2)sc1CC(C)C. The summed E-state index contributed by atoms with van der Waals surface area (Å²) in [7, 11) is 0. The van der Waals surface area contributed by atoms with Gasteiger partial charge in [-0.05, 0) is 26.2 Å². The number of rotatable bonds is 5. The largest absolute Gasteiger partial charge is 0.461 e. The molecule has 20 heavy (non-hydrogen) atoms. The zero-order valence-corrected chi connectivity index (χ0v) is 13.7. The lowest BCUT2D eigenvalue weighted by atomic mass is 10.1. The first-order valence-electron chi connectivity index (χ1n) is 6.60. The van der Waals surface area contributed by atoms with E-state index in [0.29, 0.717) is 18.2 Å². The molecular weight excluding hydrogens is 292 g/mol. The van der Waals surface area contributed by atoms with Gasteiger partial charge in [-0.25, -0.2) is 14.8 Å². The number of nitrogens with zero attached hydrogens (tertiary/aromatic N) is 2. The van der Waals surface area contributed by atoms with Gasteiger partial charge in [-0.1, -0.05) is 13.8 Å². The summed E-state index contributed by atoms with van der Waals surface area (Å²) >= 11 is 3.14. The van der Waals surface area contributed by atoms with Crippen molar-refractivity contribution >= 4 is 28.6 Å². The van der Waals surface area contributed by atoms with Gasteiger partial charge in [-0.2, -0.15) is 0 Å². The fourth-order valence-corrected chi connectivity index (χ4v) is 3.82. The highest BCUT2D eigenvalue weighted by Gasteiger charge is 2.21. The smallest absolute Gasteiger partial charge is 0.358 e.